The lowest BCUT2D eigenvalue weighted by Gasteiger charge is -2.41. The lowest BCUT2D eigenvalue weighted by Crippen LogP contribution is -2.57. The molecule has 0 saturated carbocycles. The molecule has 6 nitrogen and oxygen atoms in total. The molecule has 2 aliphatic rings. The Bertz CT molecular complexity index is 666. The predicted molar refractivity (Wildman–Crippen MR) is 100 cm³/mol. The van der Waals surface area contributed by atoms with Gasteiger partial charge in [-0.3, -0.25) is 9.59 Å². The van der Waals surface area contributed by atoms with Gasteiger partial charge in [-0.25, -0.2) is 0 Å². The lowest BCUT2D eigenvalue weighted by molar-refractivity contribution is -0.141. The molecule has 0 aliphatic carbocycles. The quantitative estimate of drug-likeness (QED) is 0.883. The van der Waals surface area contributed by atoms with E-state index < -0.39 is 0 Å². The zero-order valence-electron chi connectivity index (χ0n) is 16.0. The van der Waals surface area contributed by atoms with Crippen LogP contribution in [0.4, 0.5) is 0 Å². The van der Waals surface area contributed by atoms with Crippen LogP contribution in [0.3, 0.4) is 0 Å². The minimum atomic E-state index is -0.00309. The summed E-state index contributed by atoms with van der Waals surface area (Å²) in [6, 6.07) is 4.27. The summed E-state index contributed by atoms with van der Waals surface area (Å²) in [6.07, 6.45) is 1.89. The molecule has 3 rings (SSSR count). The lowest BCUT2D eigenvalue weighted by atomic mass is 10.0. The number of hydrogen-bond donors (Lipinski definition) is 1. The first-order valence-corrected chi connectivity index (χ1v) is 9.44. The maximum Gasteiger partial charge on any atom is 0.260 e. The highest BCUT2D eigenvalue weighted by molar-refractivity contribution is 5.80. The van der Waals surface area contributed by atoms with E-state index in [9.17, 15) is 9.59 Å². The number of nitrogens with one attached hydrogen (secondary N) is 1. The molecule has 0 radical (unpaired) electrons. The average Bonchev–Trinajstić information content (AvgIpc) is 2.61. The van der Waals surface area contributed by atoms with Gasteiger partial charge in [0.05, 0.1) is 6.54 Å². The summed E-state index contributed by atoms with van der Waals surface area (Å²) >= 11 is 0. The molecule has 2 aliphatic heterocycles. The van der Waals surface area contributed by atoms with Gasteiger partial charge in [-0.15, -0.1) is 0 Å². The normalized spacial score (nSPS) is 21.0. The molecule has 2 fully saturated rings. The van der Waals surface area contributed by atoms with Gasteiger partial charge in [-0.2, -0.15) is 0 Å². The summed E-state index contributed by atoms with van der Waals surface area (Å²) < 4.78 is 5.86. The SMILES string of the molecule is Cc1cc(C)c(OCC(=O)N2CCCC(N3CCNCC3=O)C2)c(C)c1. The summed E-state index contributed by atoms with van der Waals surface area (Å²) in [5.74, 6) is 0.934. The number of amides is 2. The monoisotopic (exact) mass is 359 g/mol. The van der Waals surface area contributed by atoms with Gasteiger partial charge < -0.3 is 19.9 Å². The van der Waals surface area contributed by atoms with E-state index in [1.54, 1.807) is 0 Å². The predicted octanol–water partition coefficient (Wildman–Crippen LogP) is 1.41. The van der Waals surface area contributed by atoms with Crippen LogP contribution in [-0.2, 0) is 9.59 Å². The fraction of sp³-hybridized carbons (Fsp3) is 0.600. The molecule has 6 heteroatoms. The van der Waals surface area contributed by atoms with Crippen molar-refractivity contribution < 1.29 is 14.3 Å². The maximum absolute atomic E-state index is 12.7. The Kier molecular flexibility index (Phi) is 5.81. The van der Waals surface area contributed by atoms with Crippen molar-refractivity contribution in [2.75, 3.05) is 39.3 Å². The molecule has 0 spiro atoms. The second-order valence-corrected chi connectivity index (χ2v) is 7.42. The molecule has 1 aromatic carbocycles. The maximum atomic E-state index is 12.7. The van der Waals surface area contributed by atoms with Crippen molar-refractivity contribution in [1.29, 1.82) is 0 Å². The Morgan fingerprint density at radius 1 is 1.23 bits per heavy atom. The van der Waals surface area contributed by atoms with Gasteiger partial charge in [-0.05, 0) is 44.7 Å². The molecular weight excluding hydrogens is 330 g/mol. The van der Waals surface area contributed by atoms with Gasteiger partial charge in [0.2, 0.25) is 5.91 Å². The van der Waals surface area contributed by atoms with Gasteiger partial charge in [0.25, 0.3) is 5.91 Å². The smallest absolute Gasteiger partial charge is 0.260 e. The van der Waals surface area contributed by atoms with E-state index in [-0.39, 0.29) is 24.5 Å². The van der Waals surface area contributed by atoms with E-state index in [2.05, 4.69) is 24.4 Å². The number of piperazine rings is 1. The largest absolute Gasteiger partial charge is 0.483 e. The van der Waals surface area contributed by atoms with Crippen molar-refractivity contribution in [2.24, 2.45) is 0 Å². The Labute approximate surface area is 155 Å². The van der Waals surface area contributed by atoms with Crippen molar-refractivity contribution in [1.82, 2.24) is 15.1 Å². The molecule has 142 valence electrons. The minimum absolute atomic E-state index is 0.00309. The molecule has 1 unspecified atom stereocenters. The van der Waals surface area contributed by atoms with E-state index in [1.807, 2.05) is 23.6 Å². The number of piperidine rings is 1. The van der Waals surface area contributed by atoms with Gasteiger partial charge >= 0.3 is 0 Å². The first-order valence-electron chi connectivity index (χ1n) is 9.44. The van der Waals surface area contributed by atoms with Crippen LogP contribution in [0, 0.1) is 20.8 Å². The van der Waals surface area contributed by atoms with Gasteiger partial charge in [0, 0.05) is 32.2 Å². The van der Waals surface area contributed by atoms with Crippen LogP contribution in [0.15, 0.2) is 12.1 Å². The van der Waals surface area contributed by atoms with E-state index in [1.165, 1.54) is 5.56 Å². The molecule has 0 aromatic heterocycles. The van der Waals surface area contributed by atoms with E-state index in [0.717, 1.165) is 49.4 Å². The molecule has 26 heavy (non-hydrogen) atoms. The average molecular weight is 359 g/mol. The molecule has 2 heterocycles. The van der Waals surface area contributed by atoms with E-state index in [4.69, 9.17) is 4.74 Å². The number of ether oxygens (including phenoxy) is 1. The molecule has 1 aromatic rings. The summed E-state index contributed by atoms with van der Waals surface area (Å²) in [5.41, 5.74) is 3.30. The van der Waals surface area contributed by atoms with Crippen LogP contribution in [0.25, 0.3) is 0 Å². The number of carbonyl (C=O) groups is 2. The van der Waals surface area contributed by atoms with Crippen molar-refractivity contribution in [3.8, 4) is 5.75 Å². The van der Waals surface area contributed by atoms with Crippen molar-refractivity contribution >= 4 is 11.8 Å². The molecule has 1 N–H and O–H groups in total. The molecule has 0 bridgehead atoms. The summed E-state index contributed by atoms with van der Waals surface area (Å²) in [5, 5.41) is 3.10. The molecule has 1 atom stereocenters. The fourth-order valence-corrected chi connectivity index (χ4v) is 4.06. The van der Waals surface area contributed by atoms with Gasteiger partial charge in [0.1, 0.15) is 5.75 Å². The van der Waals surface area contributed by atoms with Crippen LogP contribution in [0.1, 0.15) is 29.5 Å². The van der Waals surface area contributed by atoms with Crippen LogP contribution in [0.5, 0.6) is 5.75 Å². The van der Waals surface area contributed by atoms with Crippen molar-refractivity contribution in [3.63, 3.8) is 0 Å². The number of rotatable bonds is 4. The zero-order chi connectivity index (χ0) is 18.7. The Morgan fingerprint density at radius 2 is 1.96 bits per heavy atom. The molecule has 2 saturated heterocycles. The summed E-state index contributed by atoms with van der Waals surface area (Å²) in [6.45, 7) is 9.42. The van der Waals surface area contributed by atoms with Gasteiger partial charge in [-0.1, -0.05) is 17.7 Å². The van der Waals surface area contributed by atoms with Crippen LogP contribution in [0.2, 0.25) is 0 Å². The number of hydrogen-bond acceptors (Lipinski definition) is 4. The van der Waals surface area contributed by atoms with E-state index in [0.29, 0.717) is 13.1 Å². The highest BCUT2D eigenvalue weighted by Crippen LogP contribution is 2.25. The molecule has 2 amide bonds. The third-order valence-electron chi connectivity index (χ3n) is 5.26. The Balaban J connectivity index is 1.58. The van der Waals surface area contributed by atoms with Crippen LogP contribution in [-0.4, -0.2) is 67.0 Å². The third-order valence-corrected chi connectivity index (χ3v) is 5.26. The highest BCUT2D eigenvalue weighted by atomic mass is 16.5. The number of likely N-dealkylation sites (tertiary alicyclic amines) is 1. The fourth-order valence-electron chi connectivity index (χ4n) is 4.06. The molecular formula is C20H29N3O3. The zero-order valence-corrected chi connectivity index (χ0v) is 16.0. The first kappa shape index (κ1) is 18.7. The minimum Gasteiger partial charge on any atom is -0.483 e. The summed E-state index contributed by atoms with van der Waals surface area (Å²) in [7, 11) is 0. The van der Waals surface area contributed by atoms with E-state index >= 15 is 0 Å². The standard InChI is InChI=1S/C20H29N3O3/c1-14-9-15(2)20(16(3)10-14)26-13-19(25)22-7-4-5-17(12-22)23-8-6-21-11-18(23)24/h9-10,17,21H,4-8,11-13H2,1-3H3. The number of aryl methyl sites for hydroxylation is 3. The second kappa shape index (κ2) is 8.08. The van der Waals surface area contributed by atoms with Crippen molar-refractivity contribution in [3.05, 3.63) is 28.8 Å². The van der Waals surface area contributed by atoms with Gasteiger partial charge in [0.15, 0.2) is 6.61 Å². The summed E-state index contributed by atoms with van der Waals surface area (Å²) in [4.78, 5) is 28.6. The highest BCUT2D eigenvalue weighted by Gasteiger charge is 2.31. The van der Waals surface area contributed by atoms with Crippen molar-refractivity contribution in [2.45, 2.75) is 39.7 Å². The first-order chi connectivity index (χ1) is 12.5. The van der Waals surface area contributed by atoms with Crippen LogP contribution < -0.4 is 10.1 Å². The third kappa shape index (κ3) is 4.18. The number of nitrogens with zero attached hydrogens (tertiary/aromatic N) is 2. The topological polar surface area (TPSA) is 61.9 Å². The Hall–Kier alpha value is -2.08. The number of benzene rings is 1. The second-order valence-electron chi connectivity index (χ2n) is 7.42. The number of carbonyl (C=O) groups excluding carboxylic acids is 2. The van der Waals surface area contributed by atoms with Crippen LogP contribution >= 0.6 is 0 Å². The Morgan fingerprint density at radius 3 is 2.65 bits per heavy atom.